The van der Waals surface area contributed by atoms with Crippen molar-refractivity contribution < 1.29 is 14.3 Å². The highest BCUT2D eigenvalue weighted by atomic mass is 16.5. The van der Waals surface area contributed by atoms with Crippen LogP contribution in [0.25, 0.3) is 0 Å². The van der Waals surface area contributed by atoms with Crippen LogP contribution in [-0.2, 0) is 9.53 Å². The highest BCUT2D eigenvalue weighted by Gasteiger charge is 2.54. The monoisotopic (exact) mass is 337 g/mol. The predicted molar refractivity (Wildman–Crippen MR) is 95.4 cm³/mol. The molecule has 2 aliphatic heterocycles. The van der Waals surface area contributed by atoms with Gasteiger partial charge in [0.15, 0.2) is 0 Å². The Balaban J connectivity index is 1.72. The van der Waals surface area contributed by atoms with E-state index in [4.69, 9.17) is 9.47 Å². The number of hydrogen-bond donors (Lipinski definition) is 0. The Kier molecular flexibility index (Phi) is 4.00. The van der Waals surface area contributed by atoms with E-state index in [1.807, 2.05) is 35.2 Å². The van der Waals surface area contributed by atoms with Crippen molar-refractivity contribution in [3.8, 4) is 5.75 Å². The van der Waals surface area contributed by atoms with Gasteiger partial charge in [-0.3, -0.25) is 4.79 Å². The van der Waals surface area contributed by atoms with Crippen molar-refractivity contribution >= 4 is 5.91 Å². The quantitative estimate of drug-likeness (QED) is 0.853. The second-order valence-corrected chi connectivity index (χ2v) is 6.92. The van der Waals surface area contributed by atoms with E-state index in [9.17, 15) is 4.79 Å². The molecule has 0 aromatic heterocycles. The van der Waals surface area contributed by atoms with Gasteiger partial charge in [-0.2, -0.15) is 0 Å². The minimum absolute atomic E-state index is 0.0212. The van der Waals surface area contributed by atoms with Crippen molar-refractivity contribution in [3.63, 3.8) is 0 Å². The lowest BCUT2D eigenvalue weighted by molar-refractivity contribution is -0.161. The molecule has 1 amide bonds. The first-order chi connectivity index (χ1) is 12.1. The Morgan fingerprint density at radius 3 is 2.64 bits per heavy atom. The van der Waals surface area contributed by atoms with E-state index in [1.54, 1.807) is 7.11 Å². The summed E-state index contributed by atoms with van der Waals surface area (Å²) in [6.07, 6.45) is 1.34. The zero-order valence-corrected chi connectivity index (χ0v) is 14.6. The number of hydrogen-bond acceptors (Lipinski definition) is 3. The Bertz CT molecular complexity index is 776. The number of nitrogens with zero attached hydrogens (tertiary/aromatic N) is 1. The lowest BCUT2D eigenvalue weighted by atomic mass is 9.80. The van der Waals surface area contributed by atoms with Gasteiger partial charge in [0.05, 0.1) is 19.8 Å². The molecular weight excluding hydrogens is 314 g/mol. The van der Waals surface area contributed by atoms with Gasteiger partial charge in [0.25, 0.3) is 0 Å². The van der Waals surface area contributed by atoms with E-state index in [0.717, 1.165) is 23.3 Å². The fourth-order valence-electron chi connectivity index (χ4n) is 4.30. The third-order valence-electron chi connectivity index (χ3n) is 5.57. The number of methoxy groups -OCH3 is 1. The lowest BCUT2D eigenvalue weighted by Gasteiger charge is -2.46. The highest BCUT2D eigenvalue weighted by Crippen LogP contribution is 2.50. The summed E-state index contributed by atoms with van der Waals surface area (Å²) >= 11 is 0. The Morgan fingerprint density at radius 2 is 1.88 bits per heavy atom. The third-order valence-corrected chi connectivity index (χ3v) is 5.57. The molecule has 0 bridgehead atoms. The summed E-state index contributed by atoms with van der Waals surface area (Å²) in [4.78, 5) is 14.8. The molecule has 130 valence electrons. The van der Waals surface area contributed by atoms with Crippen LogP contribution in [0.1, 0.15) is 42.9 Å². The fraction of sp³-hybridized carbons (Fsp3) is 0.381. The van der Waals surface area contributed by atoms with Crippen LogP contribution in [0.3, 0.4) is 0 Å². The number of amides is 1. The fourth-order valence-corrected chi connectivity index (χ4v) is 4.30. The maximum Gasteiger partial charge on any atom is 0.225 e. The van der Waals surface area contributed by atoms with Crippen molar-refractivity contribution in [2.24, 2.45) is 0 Å². The normalized spacial score (nSPS) is 28.7. The van der Waals surface area contributed by atoms with E-state index in [-0.39, 0.29) is 17.9 Å². The number of carbonyl (C=O) groups is 1. The molecule has 2 aromatic carbocycles. The second kappa shape index (κ2) is 6.19. The molecule has 0 aliphatic carbocycles. The maximum absolute atomic E-state index is 12.8. The van der Waals surface area contributed by atoms with E-state index < -0.39 is 5.72 Å². The molecule has 2 fully saturated rings. The van der Waals surface area contributed by atoms with Crippen molar-refractivity contribution in [1.82, 2.24) is 4.90 Å². The zero-order chi connectivity index (χ0) is 17.4. The molecule has 2 aromatic rings. The Morgan fingerprint density at radius 1 is 1.12 bits per heavy atom. The summed E-state index contributed by atoms with van der Waals surface area (Å²) in [5.74, 6) is 1.14. The number of ether oxygens (including phenoxy) is 2. The van der Waals surface area contributed by atoms with Gasteiger partial charge in [0, 0.05) is 12.3 Å². The second-order valence-electron chi connectivity index (χ2n) is 6.92. The van der Waals surface area contributed by atoms with Gasteiger partial charge in [-0.05, 0) is 36.6 Å². The number of piperidine rings is 1. The molecule has 0 radical (unpaired) electrons. The van der Waals surface area contributed by atoms with Crippen LogP contribution in [0.4, 0.5) is 0 Å². The van der Waals surface area contributed by atoms with Crippen LogP contribution in [0, 0.1) is 0 Å². The first-order valence-corrected chi connectivity index (χ1v) is 8.78. The van der Waals surface area contributed by atoms with Crippen LogP contribution in [-0.4, -0.2) is 30.2 Å². The van der Waals surface area contributed by atoms with Crippen LogP contribution >= 0.6 is 0 Å². The molecule has 4 rings (SSSR count). The van der Waals surface area contributed by atoms with Crippen molar-refractivity contribution in [1.29, 1.82) is 0 Å². The summed E-state index contributed by atoms with van der Waals surface area (Å²) < 4.78 is 11.7. The molecule has 25 heavy (non-hydrogen) atoms. The predicted octanol–water partition coefficient (Wildman–Crippen LogP) is 3.89. The van der Waals surface area contributed by atoms with Crippen LogP contribution in [0.15, 0.2) is 54.6 Å². The minimum atomic E-state index is -0.623. The molecule has 0 saturated carbocycles. The van der Waals surface area contributed by atoms with Crippen LogP contribution in [0.5, 0.6) is 5.75 Å². The van der Waals surface area contributed by atoms with Gasteiger partial charge in [-0.1, -0.05) is 42.5 Å². The lowest BCUT2D eigenvalue weighted by Crippen LogP contribution is -2.54. The first kappa shape index (κ1) is 16.2. The van der Waals surface area contributed by atoms with Gasteiger partial charge in [0.1, 0.15) is 11.5 Å². The SMILES string of the molecule is COc1cccc([C@@H]2CCC(=O)N3[C@H](c4ccccc4)CO[C@@]23C)c1. The van der Waals surface area contributed by atoms with Crippen molar-refractivity contribution in [3.05, 3.63) is 65.7 Å². The van der Waals surface area contributed by atoms with Gasteiger partial charge >= 0.3 is 0 Å². The summed E-state index contributed by atoms with van der Waals surface area (Å²) in [6, 6.07) is 18.3. The molecule has 2 saturated heterocycles. The van der Waals surface area contributed by atoms with Crippen LogP contribution in [0.2, 0.25) is 0 Å². The number of rotatable bonds is 3. The van der Waals surface area contributed by atoms with Gasteiger partial charge in [0.2, 0.25) is 5.91 Å². The topological polar surface area (TPSA) is 38.8 Å². The molecule has 3 atom stereocenters. The van der Waals surface area contributed by atoms with Gasteiger partial charge in [-0.15, -0.1) is 0 Å². The summed E-state index contributed by atoms with van der Waals surface area (Å²) in [6.45, 7) is 2.59. The molecule has 4 nitrogen and oxygen atoms in total. The van der Waals surface area contributed by atoms with E-state index in [1.165, 1.54) is 0 Å². The molecular formula is C21H23NO3. The molecule has 0 spiro atoms. The average molecular weight is 337 g/mol. The minimum Gasteiger partial charge on any atom is -0.497 e. The van der Waals surface area contributed by atoms with Crippen molar-refractivity contribution in [2.45, 2.75) is 37.5 Å². The number of fused-ring (bicyclic) bond motifs is 1. The van der Waals surface area contributed by atoms with Gasteiger partial charge in [-0.25, -0.2) is 0 Å². The molecule has 2 aliphatic rings. The van der Waals surface area contributed by atoms with Crippen molar-refractivity contribution in [2.75, 3.05) is 13.7 Å². The smallest absolute Gasteiger partial charge is 0.225 e. The number of carbonyl (C=O) groups excluding carboxylic acids is 1. The summed E-state index contributed by atoms with van der Waals surface area (Å²) in [7, 11) is 1.68. The maximum atomic E-state index is 12.8. The van der Waals surface area contributed by atoms with E-state index >= 15 is 0 Å². The molecule has 0 unspecified atom stereocenters. The average Bonchev–Trinajstić information content (AvgIpc) is 3.02. The first-order valence-electron chi connectivity index (χ1n) is 8.78. The standard InChI is InChI=1S/C21H23NO3/c1-21-18(16-9-6-10-17(13-16)24-2)11-12-20(23)22(21)19(14-25-21)15-7-4-3-5-8-15/h3-10,13,18-19H,11-12,14H2,1-2H3/t18-,19-,21-/m0/s1. The molecule has 2 heterocycles. The van der Waals surface area contributed by atoms with E-state index in [2.05, 4.69) is 31.2 Å². The molecule has 0 N–H and O–H groups in total. The zero-order valence-electron chi connectivity index (χ0n) is 14.6. The van der Waals surface area contributed by atoms with E-state index in [0.29, 0.717) is 13.0 Å². The summed E-state index contributed by atoms with van der Waals surface area (Å²) in [5.41, 5.74) is 1.67. The van der Waals surface area contributed by atoms with Gasteiger partial charge < -0.3 is 14.4 Å². The highest BCUT2D eigenvalue weighted by molar-refractivity contribution is 5.79. The Labute approximate surface area is 148 Å². The Hall–Kier alpha value is -2.33. The van der Waals surface area contributed by atoms with Crippen LogP contribution < -0.4 is 4.74 Å². The largest absolute Gasteiger partial charge is 0.497 e. The third kappa shape index (κ3) is 2.61. The summed E-state index contributed by atoms with van der Waals surface area (Å²) in [5, 5.41) is 0. The molecule has 4 heteroatoms. The number of benzene rings is 2.